The van der Waals surface area contributed by atoms with E-state index in [2.05, 4.69) is 29.4 Å². The van der Waals surface area contributed by atoms with Gasteiger partial charge in [-0.25, -0.2) is 4.98 Å². The molecule has 0 radical (unpaired) electrons. The number of methoxy groups -OCH3 is 1. The Labute approximate surface area is 195 Å². The first-order chi connectivity index (χ1) is 15.7. The van der Waals surface area contributed by atoms with Crippen molar-refractivity contribution in [2.45, 2.75) is 50.0 Å². The summed E-state index contributed by atoms with van der Waals surface area (Å²) in [5.41, 5.74) is 4.78. The van der Waals surface area contributed by atoms with Gasteiger partial charge in [-0.1, -0.05) is 24.2 Å². The summed E-state index contributed by atoms with van der Waals surface area (Å²) >= 11 is 1.77. The first kappa shape index (κ1) is 22.5. The molecule has 32 heavy (non-hydrogen) atoms. The van der Waals surface area contributed by atoms with Gasteiger partial charge in [0, 0.05) is 25.1 Å². The highest BCUT2D eigenvalue weighted by Crippen LogP contribution is 2.56. The topological polar surface area (TPSA) is 55.9 Å². The van der Waals surface area contributed by atoms with E-state index in [-0.39, 0.29) is 0 Å². The minimum atomic E-state index is 0.396. The number of likely N-dealkylation sites (tertiary alicyclic amines) is 1. The molecule has 1 aromatic carbocycles. The van der Waals surface area contributed by atoms with Gasteiger partial charge in [0.2, 0.25) is 0 Å². The van der Waals surface area contributed by atoms with Crippen molar-refractivity contribution < 1.29 is 14.2 Å². The molecule has 6 nitrogen and oxygen atoms in total. The Kier molecular flexibility index (Phi) is 7.00. The molecule has 2 aliphatic carbocycles. The van der Waals surface area contributed by atoms with Crippen LogP contribution >= 0.6 is 11.3 Å². The molecule has 3 atom stereocenters. The summed E-state index contributed by atoms with van der Waals surface area (Å²) in [6.45, 7) is 5.11. The van der Waals surface area contributed by atoms with Gasteiger partial charge >= 0.3 is 0 Å². The fourth-order valence-corrected chi connectivity index (χ4v) is 7.33. The lowest BCUT2D eigenvalue weighted by molar-refractivity contribution is 0.00298. The number of aromatic nitrogens is 1. The molecule has 2 bridgehead atoms. The smallest absolute Gasteiger partial charge is 0.183 e. The van der Waals surface area contributed by atoms with Crippen LogP contribution in [0.15, 0.2) is 12.1 Å². The Morgan fingerprint density at radius 1 is 1.12 bits per heavy atom. The maximum Gasteiger partial charge on any atom is 0.183 e. The van der Waals surface area contributed by atoms with Crippen molar-refractivity contribution in [3.63, 3.8) is 0 Å². The maximum atomic E-state index is 5.65. The quantitative estimate of drug-likeness (QED) is 0.541. The lowest BCUT2D eigenvalue weighted by Gasteiger charge is -2.58. The van der Waals surface area contributed by atoms with E-state index < -0.39 is 0 Å². The number of thiazole rings is 1. The summed E-state index contributed by atoms with van der Waals surface area (Å²) in [5, 5.41) is 4.46. The van der Waals surface area contributed by atoms with E-state index in [1.165, 1.54) is 55.3 Å². The summed E-state index contributed by atoms with van der Waals surface area (Å²) in [6, 6.07) is 5.63. The van der Waals surface area contributed by atoms with Gasteiger partial charge in [0.25, 0.3) is 0 Å². The van der Waals surface area contributed by atoms with Crippen LogP contribution in [-0.2, 0) is 26.0 Å². The summed E-state index contributed by atoms with van der Waals surface area (Å²) in [7, 11) is 4.02. The summed E-state index contributed by atoms with van der Waals surface area (Å²) in [4.78, 5) is 7.59. The molecule has 176 valence electrons. The first-order valence-electron chi connectivity index (χ1n) is 12.2. The number of benzene rings is 1. The van der Waals surface area contributed by atoms with E-state index in [9.17, 15) is 0 Å². The molecule has 5 rings (SSSR count). The highest BCUT2D eigenvalue weighted by Gasteiger charge is 2.53. The molecule has 3 aliphatic rings. The Morgan fingerprint density at radius 2 is 1.97 bits per heavy atom. The number of hydrogen-bond donors (Lipinski definition) is 1. The van der Waals surface area contributed by atoms with Crippen LogP contribution in [0.3, 0.4) is 0 Å². The molecule has 2 aromatic rings. The van der Waals surface area contributed by atoms with E-state index in [0.29, 0.717) is 38.4 Å². The van der Waals surface area contributed by atoms with E-state index in [0.717, 1.165) is 23.6 Å². The third-order valence-electron chi connectivity index (χ3n) is 7.94. The molecule has 2 fully saturated rings. The predicted octanol–water partition coefficient (Wildman–Crippen LogP) is 4.08. The van der Waals surface area contributed by atoms with Gasteiger partial charge in [0.05, 0.1) is 43.3 Å². The lowest BCUT2D eigenvalue weighted by Crippen LogP contribution is -2.59. The van der Waals surface area contributed by atoms with Crippen LogP contribution in [0.1, 0.15) is 43.2 Å². The van der Waals surface area contributed by atoms with Crippen molar-refractivity contribution >= 4 is 26.7 Å². The monoisotopic (exact) mass is 459 g/mol. The maximum absolute atomic E-state index is 5.65. The third kappa shape index (κ3) is 4.30. The third-order valence-corrected chi connectivity index (χ3v) is 8.92. The molecule has 1 saturated heterocycles. The van der Waals surface area contributed by atoms with Crippen LogP contribution in [0.4, 0.5) is 5.13 Å². The number of likely N-dealkylation sites (N-methyl/N-ethyl adjacent to an activating group) is 1. The molecule has 2 heterocycles. The summed E-state index contributed by atoms with van der Waals surface area (Å²) < 4.78 is 17.3. The van der Waals surface area contributed by atoms with Crippen molar-refractivity contribution in [3.05, 3.63) is 23.3 Å². The molecular weight excluding hydrogens is 422 g/mol. The van der Waals surface area contributed by atoms with Gasteiger partial charge in [-0.2, -0.15) is 0 Å². The number of piperidine rings is 1. The number of anilines is 1. The largest absolute Gasteiger partial charge is 0.382 e. The fourth-order valence-electron chi connectivity index (χ4n) is 6.40. The average molecular weight is 460 g/mol. The van der Waals surface area contributed by atoms with Crippen LogP contribution in [0.25, 0.3) is 10.2 Å². The fraction of sp³-hybridized carbons (Fsp3) is 0.720. The minimum Gasteiger partial charge on any atom is -0.382 e. The molecular formula is C25H37N3O3S. The molecule has 0 unspecified atom stereocenters. The van der Waals surface area contributed by atoms with E-state index in [1.807, 2.05) is 0 Å². The van der Waals surface area contributed by atoms with E-state index in [4.69, 9.17) is 19.2 Å². The van der Waals surface area contributed by atoms with Gasteiger partial charge in [-0.3, -0.25) is 0 Å². The molecule has 1 N–H and O–H groups in total. The zero-order valence-electron chi connectivity index (χ0n) is 19.5. The normalized spacial score (nSPS) is 27.3. The molecule has 0 spiro atoms. The zero-order valence-corrected chi connectivity index (χ0v) is 20.3. The standard InChI is InChI=1S/C25H37N3O3S/c1-28-9-7-25-6-4-3-5-19(25)22(28)15-18-16-23-21(17-20(18)25)27-24(32-23)26-8-10-30-13-14-31-12-11-29-2/h16-17,19,22H,3-15H2,1-2H3,(H,26,27)/t19-,22+,25+/m0/s1. The van der Waals surface area contributed by atoms with Crippen LogP contribution in [0.2, 0.25) is 0 Å². The van der Waals surface area contributed by atoms with Gasteiger partial charge < -0.3 is 24.4 Å². The van der Waals surface area contributed by atoms with Crippen molar-refractivity contribution in [1.82, 2.24) is 9.88 Å². The van der Waals surface area contributed by atoms with Gasteiger partial charge in [0.1, 0.15) is 0 Å². The van der Waals surface area contributed by atoms with Crippen LogP contribution in [0, 0.1) is 5.92 Å². The Bertz CT molecular complexity index is 919. The van der Waals surface area contributed by atoms with Crippen molar-refractivity contribution in [2.75, 3.05) is 65.6 Å². The van der Waals surface area contributed by atoms with Gasteiger partial charge in [-0.15, -0.1) is 0 Å². The number of rotatable bonds is 10. The number of hydrogen-bond acceptors (Lipinski definition) is 7. The molecule has 1 aromatic heterocycles. The number of nitrogens with zero attached hydrogens (tertiary/aromatic N) is 2. The van der Waals surface area contributed by atoms with Crippen molar-refractivity contribution in [1.29, 1.82) is 0 Å². The van der Waals surface area contributed by atoms with E-state index >= 15 is 0 Å². The highest BCUT2D eigenvalue weighted by molar-refractivity contribution is 7.22. The number of fused-ring (bicyclic) bond motifs is 2. The second-order valence-corrected chi connectivity index (χ2v) is 10.7. The SMILES string of the molecule is COCCOCCOCCNc1nc2cc3c(cc2s1)C[C@@H]1[C@@H]2CCCC[C@]32CCN1C. The van der Waals surface area contributed by atoms with Crippen LogP contribution in [0.5, 0.6) is 0 Å². The second kappa shape index (κ2) is 9.94. The van der Waals surface area contributed by atoms with Gasteiger partial charge in [0.15, 0.2) is 5.13 Å². The zero-order chi connectivity index (χ0) is 22.0. The lowest BCUT2D eigenvalue weighted by atomic mass is 9.52. The molecule has 7 heteroatoms. The first-order valence-corrected chi connectivity index (χ1v) is 13.1. The second-order valence-electron chi connectivity index (χ2n) is 9.65. The average Bonchev–Trinajstić information content (AvgIpc) is 3.21. The molecule has 1 saturated carbocycles. The predicted molar refractivity (Wildman–Crippen MR) is 130 cm³/mol. The van der Waals surface area contributed by atoms with Crippen molar-refractivity contribution in [2.24, 2.45) is 5.92 Å². The highest BCUT2D eigenvalue weighted by atomic mass is 32.1. The Hall–Kier alpha value is -1.25. The van der Waals surface area contributed by atoms with Crippen LogP contribution in [-0.4, -0.2) is 76.2 Å². The number of ether oxygens (including phenoxy) is 3. The van der Waals surface area contributed by atoms with Crippen molar-refractivity contribution in [3.8, 4) is 0 Å². The number of nitrogens with one attached hydrogen (secondary N) is 1. The summed E-state index contributed by atoms with van der Waals surface area (Å²) in [5.74, 6) is 0.826. The minimum absolute atomic E-state index is 0.396. The van der Waals surface area contributed by atoms with Crippen LogP contribution < -0.4 is 5.32 Å². The molecule has 1 aliphatic heterocycles. The summed E-state index contributed by atoms with van der Waals surface area (Å²) in [6.07, 6.45) is 8.06. The Morgan fingerprint density at radius 3 is 2.84 bits per heavy atom. The molecule has 0 amide bonds. The van der Waals surface area contributed by atoms with Gasteiger partial charge in [-0.05, 0) is 68.5 Å². The Balaban J connectivity index is 1.24. The van der Waals surface area contributed by atoms with E-state index in [1.54, 1.807) is 29.6 Å².